The van der Waals surface area contributed by atoms with Gasteiger partial charge in [-0.15, -0.1) is 0 Å². The lowest BCUT2D eigenvalue weighted by atomic mass is 10.1. The highest BCUT2D eigenvalue weighted by molar-refractivity contribution is 7.07. The summed E-state index contributed by atoms with van der Waals surface area (Å²) in [6.07, 6.45) is -0.807. The maximum absolute atomic E-state index is 12.0. The van der Waals surface area contributed by atoms with Gasteiger partial charge >= 0.3 is 0 Å². The van der Waals surface area contributed by atoms with E-state index in [2.05, 4.69) is 5.32 Å². The number of aliphatic hydroxyl groups is 1. The summed E-state index contributed by atoms with van der Waals surface area (Å²) < 4.78 is 0. The summed E-state index contributed by atoms with van der Waals surface area (Å²) in [5, 5.41) is 26.0. The van der Waals surface area contributed by atoms with Crippen LogP contribution in [-0.2, 0) is 0 Å². The van der Waals surface area contributed by atoms with Gasteiger partial charge in [-0.05, 0) is 34.5 Å². The topological polar surface area (TPSA) is 69.6 Å². The molecule has 0 fully saturated rings. The van der Waals surface area contributed by atoms with Gasteiger partial charge < -0.3 is 15.5 Å². The van der Waals surface area contributed by atoms with Crippen molar-refractivity contribution in [2.45, 2.75) is 6.10 Å². The summed E-state index contributed by atoms with van der Waals surface area (Å²) in [4.78, 5) is 12.0. The molecule has 1 aromatic carbocycles. The molecule has 0 radical (unpaired) electrons. The van der Waals surface area contributed by atoms with E-state index in [0.29, 0.717) is 0 Å². The molecule has 2 aromatic rings. The van der Waals surface area contributed by atoms with Gasteiger partial charge in [0.2, 0.25) is 0 Å². The Morgan fingerprint density at radius 2 is 2.15 bits per heavy atom. The van der Waals surface area contributed by atoms with Crippen LogP contribution in [-0.4, -0.2) is 22.7 Å². The van der Waals surface area contributed by atoms with E-state index >= 15 is 0 Å². The molecule has 4 nitrogen and oxygen atoms in total. The molecule has 3 N–H and O–H groups in total. The number of phenolic OH excluding ortho intramolecular Hbond substituents is 1. The van der Waals surface area contributed by atoms with Crippen LogP contribution in [0.4, 0.5) is 0 Å². The Hall–Kier alpha value is -1.27. The minimum atomic E-state index is -0.807. The van der Waals surface area contributed by atoms with Gasteiger partial charge in [-0.25, -0.2) is 0 Å². The predicted molar refractivity (Wildman–Crippen MR) is 79.7 cm³/mol. The fraction of sp³-hybridized carbons (Fsp3) is 0.154. The number of hydrogen-bond donors (Lipinski definition) is 3. The molecular weight excluding hydrogens is 321 g/mol. The van der Waals surface area contributed by atoms with Crippen LogP contribution in [0.2, 0.25) is 10.0 Å². The van der Waals surface area contributed by atoms with Gasteiger partial charge in [0.25, 0.3) is 5.91 Å². The van der Waals surface area contributed by atoms with E-state index in [-0.39, 0.29) is 27.9 Å². The maximum Gasteiger partial charge on any atom is 0.256 e. The summed E-state index contributed by atoms with van der Waals surface area (Å²) in [6, 6.07) is 4.37. The van der Waals surface area contributed by atoms with Crippen molar-refractivity contribution >= 4 is 40.4 Å². The first-order valence-electron chi connectivity index (χ1n) is 5.65. The normalized spacial score (nSPS) is 12.2. The largest absolute Gasteiger partial charge is 0.507 e. The number of phenols is 1. The van der Waals surface area contributed by atoms with Gasteiger partial charge in [-0.3, -0.25) is 4.79 Å². The van der Waals surface area contributed by atoms with E-state index in [9.17, 15) is 15.0 Å². The Kier molecular flexibility index (Phi) is 4.88. The number of benzene rings is 1. The Balaban J connectivity index is 2.06. The van der Waals surface area contributed by atoms with Crippen molar-refractivity contribution in [1.82, 2.24) is 5.32 Å². The minimum Gasteiger partial charge on any atom is -0.507 e. The number of thiophene rings is 1. The number of halogens is 2. The molecule has 0 saturated carbocycles. The molecule has 0 spiro atoms. The van der Waals surface area contributed by atoms with Crippen molar-refractivity contribution in [3.63, 3.8) is 0 Å². The first-order valence-corrected chi connectivity index (χ1v) is 7.35. The van der Waals surface area contributed by atoms with Gasteiger partial charge in [0.15, 0.2) is 0 Å². The van der Waals surface area contributed by atoms with Crippen LogP contribution in [0.5, 0.6) is 5.75 Å². The summed E-state index contributed by atoms with van der Waals surface area (Å²) in [5.74, 6) is -0.872. The van der Waals surface area contributed by atoms with Gasteiger partial charge in [-0.1, -0.05) is 23.2 Å². The van der Waals surface area contributed by atoms with E-state index in [1.165, 1.54) is 23.5 Å². The molecule has 0 aliphatic carbocycles. The van der Waals surface area contributed by atoms with Crippen molar-refractivity contribution in [2.24, 2.45) is 0 Å². The number of amides is 1. The zero-order chi connectivity index (χ0) is 14.7. The molecule has 1 unspecified atom stereocenters. The van der Waals surface area contributed by atoms with Crippen molar-refractivity contribution in [3.8, 4) is 5.75 Å². The van der Waals surface area contributed by atoms with E-state index in [1.807, 2.05) is 5.38 Å². The van der Waals surface area contributed by atoms with Gasteiger partial charge in [0.05, 0.1) is 16.7 Å². The second kappa shape index (κ2) is 6.45. The lowest BCUT2D eigenvalue weighted by Gasteiger charge is -2.12. The number of hydrogen-bond acceptors (Lipinski definition) is 4. The quantitative estimate of drug-likeness (QED) is 0.805. The third kappa shape index (κ3) is 3.43. The summed E-state index contributed by atoms with van der Waals surface area (Å²) in [6.45, 7) is 0.0218. The fourth-order valence-electron chi connectivity index (χ4n) is 1.65. The first-order chi connectivity index (χ1) is 9.49. The monoisotopic (exact) mass is 331 g/mol. The predicted octanol–water partition coefficient (Wildman–Crippen LogP) is 3.22. The maximum atomic E-state index is 12.0. The molecule has 1 atom stereocenters. The zero-order valence-electron chi connectivity index (χ0n) is 10.1. The number of rotatable bonds is 4. The smallest absolute Gasteiger partial charge is 0.256 e. The SMILES string of the molecule is O=C(NCC(O)c1ccsc1)c1c(O)cc(Cl)cc1Cl. The van der Waals surface area contributed by atoms with Crippen LogP contribution >= 0.6 is 34.5 Å². The minimum absolute atomic E-state index is 0.0218. The van der Waals surface area contributed by atoms with Crippen LogP contribution < -0.4 is 5.32 Å². The lowest BCUT2D eigenvalue weighted by molar-refractivity contribution is 0.0914. The van der Waals surface area contributed by atoms with Crippen molar-refractivity contribution in [2.75, 3.05) is 6.54 Å². The van der Waals surface area contributed by atoms with E-state index in [1.54, 1.807) is 11.4 Å². The van der Waals surface area contributed by atoms with Gasteiger partial charge in [-0.2, -0.15) is 11.3 Å². The Labute approximate surface area is 129 Å². The highest BCUT2D eigenvalue weighted by atomic mass is 35.5. The third-order valence-electron chi connectivity index (χ3n) is 2.65. The number of aromatic hydroxyl groups is 1. The van der Waals surface area contributed by atoms with Crippen LogP contribution in [0.3, 0.4) is 0 Å². The number of nitrogens with one attached hydrogen (secondary N) is 1. The van der Waals surface area contributed by atoms with Crippen LogP contribution in [0.15, 0.2) is 29.0 Å². The van der Waals surface area contributed by atoms with E-state index in [0.717, 1.165) is 5.56 Å². The molecule has 106 valence electrons. The van der Waals surface area contributed by atoms with Crippen molar-refractivity contribution < 1.29 is 15.0 Å². The number of aliphatic hydroxyl groups excluding tert-OH is 1. The van der Waals surface area contributed by atoms with Crippen LogP contribution in [0, 0.1) is 0 Å². The Bertz CT molecular complexity index is 593. The van der Waals surface area contributed by atoms with Crippen molar-refractivity contribution in [3.05, 3.63) is 50.1 Å². The number of carbonyl (C=O) groups is 1. The third-order valence-corrected chi connectivity index (χ3v) is 3.86. The molecule has 0 saturated heterocycles. The van der Waals surface area contributed by atoms with E-state index in [4.69, 9.17) is 23.2 Å². The van der Waals surface area contributed by atoms with Crippen LogP contribution in [0.25, 0.3) is 0 Å². The molecule has 7 heteroatoms. The second-order valence-electron chi connectivity index (χ2n) is 4.06. The van der Waals surface area contributed by atoms with E-state index < -0.39 is 12.0 Å². The molecule has 20 heavy (non-hydrogen) atoms. The summed E-state index contributed by atoms with van der Waals surface area (Å²) >= 11 is 13.0. The fourth-order valence-corrected chi connectivity index (χ4v) is 2.92. The Morgan fingerprint density at radius 1 is 1.40 bits per heavy atom. The molecular formula is C13H11Cl2NO3S. The zero-order valence-corrected chi connectivity index (χ0v) is 12.5. The molecule has 0 aliphatic rings. The molecule has 0 aliphatic heterocycles. The number of carbonyl (C=O) groups excluding carboxylic acids is 1. The van der Waals surface area contributed by atoms with Gasteiger partial charge in [0.1, 0.15) is 5.75 Å². The Morgan fingerprint density at radius 3 is 2.75 bits per heavy atom. The average Bonchev–Trinajstić information content (AvgIpc) is 2.88. The lowest BCUT2D eigenvalue weighted by Crippen LogP contribution is -2.28. The summed E-state index contributed by atoms with van der Waals surface area (Å²) in [7, 11) is 0. The van der Waals surface area contributed by atoms with Crippen molar-refractivity contribution in [1.29, 1.82) is 0 Å². The molecule has 1 aromatic heterocycles. The van der Waals surface area contributed by atoms with Crippen LogP contribution in [0.1, 0.15) is 22.0 Å². The standard InChI is InChI=1S/C13H11Cl2NO3S/c14-8-3-9(15)12(10(17)4-8)13(19)16-5-11(18)7-1-2-20-6-7/h1-4,6,11,17-18H,5H2,(H,16,19). The highest BCUT2D eigenvalue weighted by Gasteiger charge is 2.18. The molecule has 1 heterocycles. The molecule has 1 amide bonds. The van der Waals surface area contributed by atoms with Gasteiger partial charge in [0, 0.05) is 11.6 Å². The highest BCUT2D eigenvalue weighted by Crippen LogP contribution is 2.30. The average molecular weight is 332 g/mol. The molecule has 0 bridgehead atoms. The molecule has 2 rings (SSSR count). The summed E-state index contributed by atoms with van der Waals surface area (Å²) in [5.41, 5.74) is 0.662. The first kappa shape index (κ1) is 15.1. The second-order valence-corrected chi connectivity index (χ2v) is 5.69.